The first-order valence-corrected chi connectivity index (χ1v) is 19.2. The van der Waals surface area contributed by atoms with Gasteiger partial charge in [0.2, 0.25) is 17.7 Å². The molecule has 1 aromatic rings. The molecule has 13 nitrogen and oxygen atoms in total. The number of carbonyl (C=O) groups is 5. The van der Waals surface area contributed by atoms with Gasteiger partial charge in [0.15, 0.2) is 0 Å². The second-order valence-corrected chi connectivity index (χ2v) is 15.5. The quantitative estimate of drug-likeness (QED) is 0.0715. The van der Waals surface area contributed by atoms with Crippen LogP contribution in [0.15, 0.2) is 42.0 Å². The van der Waals surface area contributed by atoms with Crippen molar-refractivity contribution in [2.75, 3.05) is 33.4 Å². The maximum absolute atomic E-state index is 13.3. The Morgan fingerprint density at radius 3 is 2.42 bits per heavy atom. The largest absolute Gasteiger partial charge is 0.460 e. The van der Waals surface area contributed by atoms with Gasteiger partial charge >= 0.3 is 5.97 Å². The monoisotopic (exact) mass is 738 g/mol. The van der Waals surface area contributed by atoms with Crippen LogP contribution in [0.4, 0.5) is 0 Å². The van der Waals surface area contributed by atoms with Crippen molar-refractivity contribution in [3.8, 4) is 0 Å². The molecule has 1 spiro atoms. The molecular weight excluding hydrogens is 680 g/mol. The first-order chi connectivity index (χ1) is 25.5. The highest BCUT2D eigenvalue weighted by Crippen LogP contribution is 2.59. The van der Waals surface area contributed by atoms with E-state index in [9.17, 15) is 24.0 Å². The van der Waals surface area contributed by atoms with Gasteiger partial charge in [-0.15, -0.1) is 0 Å². The van der Waals surface area contributed by atoms with Crippen LogP contribution in [-0.4, -0.2) is 105 Å². The zero-order chi connectivity index (χ0) is 38.0. The molecule has 53 heavy (non-hydrogen) atoms. The molecule has 0 bridgehead atoms. The minimum absolute atomic E-state index is 0.0172. The normalized spacial score (nSPS) is 30.7. The van der Waals surface area contributed by atoms with Gasteiger partial charge in [0.05, 0.1) is 37.8 Å². The Morgan fingerprint density at radius 2 is 1.75 bits per heavy atom. The third-order valence-corrected chi connectivity index (χ3v) is 11.3. The Balaban J connectivity index is 1.03. The van der Waals surface area contributed by atoms with E-state index in [0.717, 1.165) is 44.1 Å². The van der Waals surface area contributed by atoms with Gasteiger partial charge in [-0.3, -0.25) is 19.2 Å². The molecule has 1 aromatic carbocycles. The maximum Gasteiger partial charge on any atom is 0.306 e. The molecule has 3 amide bonds. The average Bonchev–Trinajstić information content (AvgIpc) is 4.06. The summed E-state index contributed by atoms with van der Waals surface area (Å²) in [5.74, 6) is -0.983. The second-order valence-electron chi connectivity index (χ2n) is 15.5. The van der Waals surface area contributed by atoms with Gasteiger partial charge in [-0.05, 0) is 83.6 Å². The highest BCUT2D eigenvalue weighted by atomic mass is 16.6. The third kappa shape index (κ3) is 11.2. The fraction of sp³-hybridized carbons (Fsp3) is 0.675. The maximum atomic E-state index is 13.3. The van der Waals surface area contributed by atoms with Crippen LogP contribution in [0.25, 0.3) is 0 Å². The molecule has 2 saturated carbocycles. The van der Waals surface area contributed by atoms with Crippen molar-refractivity contribution in [3.05, 3.63) is 47.5 Å². The molecule has 2 heterocycles. The Kier molecular flexibility index (Phi) is 14.2. The number of methoxy groups -OCH3 is 1. The predicted molar refractivity (Wildman–Crippen MR) is 197 cm³/mol. The lowest BCUT2D eigenvalue weighted by molar-refractivity contribution is -0.173. The van der Waals surface area contributed by atoms with E-state index in [0.29, 0.717) is 32.2 Å². The van der Waals surface area contributed by atoms with E-state index in [1.807, 2.05) is 30.3 Å². The van der Waals surface area contributed by atoms with Crippen molar-refractivity contribution in [3.63, 3.8) is 0 Å². The van der Waals surface area contributed by atoms with Gasteiger partial charge in [0, 0.05) is 32.5 Å². The van der Waals surface area contributed by atoms with Crippen molar-refractivity contribution in [1.82, 2.24) is 21.3 Å². The smallest absolute Gasteiger partial charge is 0.306 e. The van der Waals surface area contributed by atoms with Crippen LogP contribution in [0.3, 0.4) is 0 Å². The molecule has 5 rings (SSSR count). The summed E-state index contributed by atoms with van der Waals surface area (Å²) in [7, 11) is 1.69. The number of allylic oxidation sites excluding steroid dienone is 1. The standard InChI is InChI=1S/C40H58N4O9/c1-26(2)10-15-32-39(3,53-32)37-36(50-4)31(16-18-40(37)25-51-40)52-35(48)23-28-11-13-29(14-12-28)44-33(46)17-19-41-30(22-27-8-6-5-7-9-27)38(49)43-24-34(47)42-20-21-45/h5-10,21,28-32,36-37,41H,11-20,22-25H2,1-4H3,(H,42,47)(H,43,49)(H,44,46)/t28?,29?,30-,31?,32+,36?,37?,39?,40-/m0/s1. The van der Waals surface area contributed by atoms with Crippen LogP contribution in [0.2, 0.25) is 0 Å². The topological polar surface area (TPSA) is 177 Å². The third-order valence-electron chi connectivity index (χ3n) is 11.3. The van der Waals surface area contributed by atoms with Crippen molar-refractivity contribution in [1.29, 1.82) is 0 Å². The van der Waals surface area contributed by atoms with Crippen molar-refractivity contribution < 1.29 is 42.9 Å². The molecule has 2 aliphatic carbocycles. The van der Waals surface area contributed by atoms with Crippen LogP contribution in [0, 0.1) is 11.8 Å². The number of aldehydes is 1. The average molecular weight is 739 g/mol. The minimum atomic E-state index is -0.657. The van der Waals surface area contributed by atoms with Gasteiger partial charge in [0.25, 0.3) is 0 Å². The number of nitrogens with one attached hydrogen (secondary N) is 4. The van der Waals surface area contributed by atoms with Crippen molar-refractivity contribution in [2.45, 2.75) is 127 Å². The lowest BCUT2D eigenvalue weighted by atomic mass is 9.68. The van der Waals surface area contributed by atoms with E-state index < -0.39 is 11.9 Å². The number of carbonyl (C=O) groups excluding carboxylic acids is 5. The molecule has 2 aliphatic heterocycles. The first kappa shape index (κ1) is 40.5. The van der Waals surface area contributed by atoms with Crippen molar-refractivity contribution >= 4 is 30.0 Å². The molecule has 292 valence electrons. The van der Waals surface area contributed by atoms with Crippen LogP contribution in [0.5, 0.6) is 0 Å². The number of amides is 3. The van der Waals surface area contributed by atoms with Gasteiger partial charge < -0.3 is 45.0 Å². The Labute approximate surface area is 313 Å². The summed E-state index contributed by atoms with van der Waals surface area (Å²) in [6.45, 7) is 6.90. The van der Waals surface area contributed by atoms with E-state index in [1.54, 1.807) is 7.11 Å². The highest BCUT2D eigenvalue weighted by Gasteiger charge is 2.72. The summed E-state index contributed by atoms with van der Waals surface area (Å²) >= 11 is 0. The summed E-state index contributed by atoms with van der Waals surface area (Å²) < 4.78 is 24.5. The molecule has 2 saturated heterocycles. The SMILES string of the molecule is COC1C(OC(=O)CC2CCC(NC(=O)CCN[C@@H](Cc3ccccc3)C(=O)NCC(=O)NCC=O)CC2)CC[C@]2(CO2)C1C1(C)O[C@@H]1CC=C(C)C. The molecule has 4 fully saturated rings. The number of hydrogen-bond acceptors (Lipinski definition) is 10. The fourth-order valence-electron chi connectivity index (χ4n) is 8.31. The number of benzene rings is 1. The predicted octanol–water partition coefficient (Wildman–Crippen LogP) is 2.69. The molecule has 13 heteroatoms. The molecule has 4 unspecified atom stereocenters. The first-order valence-electron chi connectivity index (χ1n) is 19.2. The Hall–Kier alpha value is -3.65. The van der Waals surface area contributed by atoms with E-state index in [1.165, 1.54) is 5.57 Å². The summed E-state index contributed by atoms with van der Waals surface area (Å²) in [6.07, 6.45) is 8.63. The van der Waals surface area contributed by atoms with Crippen LogP contribution < -0.4 is 21.3 Å². The van der Waals surface area contributed by atoms with E-state index in [2.05, 4.69) is 48.1 Å². The summed E-state index contributed by atoms with van der Waals surface area (Å²) in [6, 6.07) is 8.85. The summed E-state index contributed by atoms with van der Waals surface area (Å²) in [4.78, 5) is 61.4. The van der Waals surface area contributed by atoms with Crippen LogP contribution in [0.1, 0.15) is 84.1 Å². The van der Waals surface area contributed by atoms with Crippen LogP contribution >= 0.6 is 0 Å². The molecule has 4 N–H and O–H groups in total. The fourth-order valence-corrected chi connectivity index (χ4v) is 8.31. The van der Waals surface area contributed by atoms with Gasteiger partial charge in [-0.25, -0.2) is 0 Å². The van der Waals surface area contributed by atoms with Gasteiger partial charge in [-0.2, -0.15) is 0 Å². The number of esters is 1. The van der Waals surface area contributed by atoms with Crippen molar-refractivity contribution in [2.24, 2.45) is 11.8 Å². The Bertz CT molecular complexity index is 1450. The number of epoxide rings is 2. The molecule has 4 aliphatic rings. The Morgan fingerprint density at radius 1 is 1.02 bits per heavy atom. The molecule has 0 aromatic heterocycles. The zero-order valence-corrected chi connectivity index (χ0v) is 31.7. The minimum Gasteiger partial charge on any atom is -0.460 e. The van der Waals surface area contributed by atoms with E-state index in [-0.39, 0.29) is 91.2 Å². The van der Waals surface area contributed by atoms with Gasteiger partial charge in [0.1, 0.15) is 29.7 Å². The van der Waals surface area contributed by atoms with E-state index in [4.69, 9.17) is 18.9 Å². The molecule has 7 atom stereocenters. The van der Waals surface area contributed by atoms with Gasteiger partial charge in [-0.1, -0.05) is 42.0 Å². The van der Waals surface area contributed by atoms with E-state index >= 15 is 0 Å². The molecule has 0 radical (unpaired) electrons. The molecular formula is C40H58N4O9. The lowest BCUT2D eigenvalue weighted by Crippen LogP contribution is -2.55. The second kappa shape index (κ2) is 18.6. The lowest BCUT2D eigenvalue weighted by Gasteiger charge is -2.42. The summed E-state index contributed by atoms with van der Waals surface area (Å²) in [5, 5.41) is 11.3. The summed E-state index contributed by atoms with van der Waals surface area (Å²) in [5.41, 5.74) is 1.54. The number of ether oxygens (including phenoxy) is 4. The number of hydrogen-bond donors (Lipinski definition) is 4. The number of rotatable bonds is 19. The zero-order valence-electron chi connectivity index (χ0n) is 31.7. The highest BCUT2D eigenvalue weighted by molar-refractivity contribution is 5.88. The van der Waals surface area contributed by atoms with Crippen LogP contribution in [-0.2, 0) is 49.3 Å².